The van der Waals surface area contributed by atoms with Crippen molar-refractivity contribution >= 4 is 10.4 Å². The molecule has 0 heterocycles. The molecule has 18 heavy (non-hydrogen) atoms. The number of aliphatic hydroxyl groups is 1. The van der Waals surface area contributed by atoms with Crippen molar-refractivity contribution in [2.45, 2.75) is 70.8 Å². The minimum absolute atomic E-state index is 0.366. The van der Waals surface area contributed by atoms with Crippen LogP contribution in [0.4, 0.5) is 0 Å². The highest BCUT2D eigenvalue weighted by atomic mass is 32.3. The Morgan fingerprint density at radius 2 is 1.50 bits per heavy atom. The molecule has 0 bridgehead atoms. The molecule has 0 aliphatic carbocycles. The number of rotatable bonds is 12. The van der Waals surface area contributed by atoms with E-state index in [9.17, 15) is 13.5 Å². The highest BCUT2D eigenvalue weighted by molar-refractivity contribution is 7.80. The first-order chi connectivity index (χ1) is 8.45. The van der Waals surface area contributed by atoms with Crippen LogP contribution in [0.25, 0.3) is 0 Å². The molecule has 0 aromatic carbocycles. The molecule has 0 spiro atoms. The lowest BCUT2D eigenvalue weighted by Gasteiger charge is -2.09. The van der Waals surface area contributed by atoms with Crippen LogP contribution in [-0.2, 0) is 14.6 Å². The maximum absolute atomic E-state index is 10.3. The van der Waals surface area contributed by atoms with Gasteiger partial charge in [0.1, 0.15) is 0 Å². The van der Waals surface area contributed by atoms with Gasteiger partial charge in [0.25, 0.3) is 0 Å². The summed E-state index contributed by atoms with van der Waals surface area (Å²) in [5.41, 5.74) is 0. The minimum Gasteiger partial charge on any atom is -0.391 e. The van der Waals surface area contributed by atoms with Gasteiger partial charge >= 0.3 is 10.4 Å². The highest BCUT2D eigenvalue weighted by Gasteiger charge is 2.10. The van der Waals surface area contributed by atoms with E-state index >= 15 is 0 Å². The monoisotopic (exact) mass is 282 g/mol. The van der Waals surface area contributed by atoms with Crippen molar-refractivity contribution in [2.75, 3.05) is 6.61 Å². The van der Waals surface area contributed by atoms with Crippen LogP contribution in [0, 0.1) is 0 Å². The summed E-state index contributed by atoms with van der Waals surface area (Å²) in [7, 11) is -4.43. The Balaban J connectivity index is 3.28. The van der Waals surface area contributed by atoms with Gasteiger partial charge in [-0.3, -0.25) is 4.55 Å². The van der Waals surface area contributed by atoms with Gasteiger partial charge < -0.3 is 5.11 Å². The molecule has 2 N–H and O–H groups in total. The van der Waals surface area contributed by atoms with Crippen molar-refractivity contribution in [2.24, 2.45) is 0 Å². The summed E-state index contributed by atoms with van der Waals surface area (Å²) < 4.78 is 32.9. The second-order valence-corrected chi connectivity index (χ2v) is 5.72. The van der Waals surface area contributed by atoms with E-state index in [0.717, 1.165) is 19.3 Å². The molecule has 0 fully saturated rings. The average molecular weight is 282 g/mol. The molecular weight excluding hydrogens is 256 g/mol. The zero-order valence-electron chi connectivity index (χ0n) is 11.2. The van der Waals surface area contributed by atoms with E-state index in [1.54, 1.807) is 0 Å². The zero-order valence-corrected chi connectivity index (χ0v) is 12.0. The van der Waals surface area contributed by atoms with Crippen molar-refractivity contribution in [3.05, 3.63) is 0 Å². The summed E-state index contributed by atoms with van der Waals surface area (Å²) in [6.07, 6.45) is 9.04. The van der Waals surface area contributed by atoms with E-state index in [1.807, 2.05) is 0 Å². The Kier molecular flexibility index (Phi) is 10.6. The molecule has 0 amide bonds. The van der Waals surface area contributed by atoms with Gasteiger partial charge in [-0.25, -0.2) is 4.18 Å². The van der Waals surface area contributed by atoms with Crippen molar-refractivity contribution in [3.63, 3.8) is 0 Å². The number of hydrogen-bond donors (Lipinski definition) is 2. The number of hydrogen-bond acceptors (Lipinski definition) is 4. The zero-order chi connectivity index (χ0) is 13.9. The van der Waals surface area contributed by atoms with Gasteiger partial charge in [0, 0.05) is 0 Å². The smallest absolute Gasteiger partial charge is 0.391 e. The van der Waals surface area contributed by atoms with Crippen molar-refractivity contribution in [1.29, 1.82) is 0 Å². The first-order valence-corrected chi connectivity index (χ1v) is 8.12. The largest absolute Gasteiger partial charge is 0.397 e. The van der Waals surface area contributed by atoms with Crippen LogP contribution in [0.15, 0.2) is 0 Å². The Hall–Kier alpha value is -0.170. The van der Waals surface area contributed by atoms with Gasteiger partial charge in [0.15, 0.2) is 0 Å². The van der Waals surface area contributed by atoms with Gasteiger partial charge in [-0.15, -0.1) is 0 Å². The van der Waals surface area contributed by atoms with Gasteiger partial charge in [-0.2, -0.15) is 8.42 Å². The molecule has 1 unspecified atom stereocenters. The maximum Gasteiger partial charge on any atom is 0.397 e. The molecule has 0 radical (unpaired) electrons. The fourth-order valence-electron chi connectivity index (χ4n) is 1.76. The van der Waals surface area contributed by atoms with Crippen LogP contribution in [0.2, 0.25) is 0 Å². The average Bonchev–Trinajstić information content (AvgIpc) is 2.29. The summed E-state index contributed by atoms with van der Waals surface area (Å²) >= 11 is 0. The summed E-state index contributed by atoms with van der Waals surface area (Å²) in [5, 5.41) is 9.38. The molecular formula is C12H26O5S. The lowest BCUT2D eigenvalue weighted by atomic mass is 10.1. The molecule has 0 saturated carbocycles. The van der Waals surface area contributed by atoms with Gasteiger partial charge in [-0.1, -0.05) is 58.3 Å². The third-order valence-corrected chi connectivity index (χ3v) is 3.23. The topological polar surface area (TPSA) is 83.8 Å². The van der Waals surface area contributed by atoms with E-state index in [2.05, 4.69) is 11.1 Å². The molecule has 0 saturated heterocycles. The Labute approximate surface area is 110 Å². The molecule has 0 aromatic heterocycles. The Morgan fingerprint density at radius 3 is 2.00 bits per heavy atom. The third-order valence-electron chi connectivity index (χ3n) is 2.80. The molecule has 0 aliphatic heterocycles. The maximum atomic E-state index is 10.3. The standard InChI is InChI=1S/C12H26O5S/c1-2-3-4-5-6-7-8-9-10-12(13)11-17-18(14,15)16/h12-13H,2-11H2,1H3,(H,14,15,16). The van der Waals surface area contributed by atoms with Crippen LogP contribution >= 0.6 is 0 Å². The van der Waals surface area contributed by atoms with Crippen LogP contribution in [0.3, 0.4) is 0 Å². The van der Waals surface area contributed by atoms with E-state index in [4.69, 9.17) is 4.55 Å². The summed E-state index contributed by atoms with van der Waals surface area (Å²) in [6, 6.07) is 0. The van der Waals surface area contributed by atoms with Crippen LogP contribution < -0.4 is 0 Å². The lowest BCUT2D eigenvalue weighted by Crippen LogP contribution is -2.18. The number of unbranched alkanes of at least 4 members (excludes halogenated alkanes) is 7. The quantitative estimate of drug-likeness (QED) is 0.425. The highest BCUT2D eigenvalue weighted by Crippen LogP contribution is 2.10. The fraction of sp³-hybridized carbons (Fsp3) is 1.00. The lowest BCUT2D eigenvalue weighted by molar-refractivity contribution is 0.0935. The molecule has 6 heteroatoms. The molecule has 0 rings (SSSR count). The predicted molar refractivity (Wildman–Crippen MR) is 70.7 cm³/mol. The normalized spacial score (nSPS) is 13.7. The molecule has 110 valence electrons. The SMILES string of the molecule is CCCCCCCCCCC(O)COS(=O)(=O)O. The van der Waals surface area contributed by atoms with E-state index in [1.165, 1.54) is 32.1 Å². The number of aliphatic hydroxyl groups excluding tert-OH is 1. The van der Waals surface area contributed by atoms with Crippen LogP contribution in [0.5, 0.6) is 0 Å². The Bertz CT molecular complexity index is 276. The predicted octanol–water partition coefficient (Wildman–Crippen LogP) is 2.70. The summed E-state index contributed by atoms with van der Waals surface area (Å²) in [5.74, 6) is 0. The van der Waals surface area contributed by atoms with E-state index < -0.39 is 16.5 Å². The van der Waals surface area contributed by atoms with Gasteiger partial charge in [0.05, 0.1) is 12.7 Å². The minimum atomic E-state index is -4.43. The van der Waals surface area contributed by atoms with Gasteiger partial charge in [-0.05, 0) is 6.42 Å². The molecule has 0 aromatic rings. The summed E-state index contributed by atoms with van der Waals surface area (Å²) in [6.45, 7) is 1.82. The fourth-order valence-corrected chi connectivity index (χ4v) is 2.09. The molecule has 0 aliphatic rings. The first kappa shape index (κ1) is 17.8. The second-order valence-electron chi connectivity index (χ2n) is 4.63. The Morgan fingerprint density at radius 1 is 1.00 bits per heavy atom. The van der Waals surface area contributed by atoms with E-state index in [0.29, 0.717) is 6.42 Å². The summed E-state index contributed by atoms with van der Waals surface area (Å²) in [4.78, 5) is 0. The first-order valence-electron chi connectivity index (χ1n) is 6.75. The van der Waals surface area contributed by atoms with Crippen molar-refractivity contribution in [1.82, 2.24) is 0 Å². The second kappa shape index (κ2) is 10.7. The molecule has 1 atom stereocenters. The van der Waals surface area contributed by atoms with Gasteiger partial charge in [0.2, 0.25) is 0 Å². The third kappa shape index (κ3) is 13.9. The van der Waals surface area contributed by atoms with Crippen molar-refractivity contribution < 1.29 is 22.3 Å². The molecule has 5 nitrogen and oxygen atoms in total. The van der Waals surface area contributed by atoms with Crippen LogP contribution in [0.1, 0.15) is 64.7 Å². The van der Waals surface area contributed by atoms with E-state index in [-0.39, 0.29) is 6.61 Å². The van der Waals surface area contributed by atoms with Crippen LogP contribution in [-0.4, -0.2) is 30.8 Å². The van der Waals surface area contributed by atoms with Crippen molar-refractivity contribution in [3.8, 4) is 0 Å².